The fourth-order valence-electron chi connectivity index (χ4n) is 1.71. The van der Waals surface area contributed by atoms with Crippen molar-refractivity contribution in [2.45, 2.75) is 51.4 Å². The van der Waals surface area contributed by atoms with E-state index in [-0.39, 0.29) is 19.5 Å². The topological polar surface area (TPSA) is 0 Å². The molecule has 2 aliphatic carbocycles. The van der Waals surface area contributed by atoms with Crippen LogP contribution in [0.3, 0.4) is 0 Å². The Hall–Kier alpha value is -1.06. The molecule has 0 radical (unpaired) electrons. The maximum Gasteiger partial charge on any atom is 3.00 e. The van der Waals surface area contributed by atoms with Gasteiger partial charge in [0.1, 0.15) is 0 Å². The normalized spacial score (nSPS) is 17.6. The maximum atomic E-state index is 9.75. The van der Waals surface area contributed by atoms with Gasteiger partial charge >= 0.3 is 41.2 Å². The Bertz CT molecular complexity index is 385. The first kappa shape index (κ1) is 38.2. The summed E-state index contributed by atoms with van der Waals surface area (Å²) >= 11 is 0. The van der Waals surface area contributed by atoms with E-state index in [1.54, 1.807) is 0 Å². The molecule has 0 nitrogen and oxygen atoms in total. The summed E-state index contributed by atoms with van der Waals surface area (Å²) in [5.74, 6) is 0. The number of halogens is 12. The van der Waals surface area contributed by atoms with E-state index in [4.69, 9.17) is 0 Å². The molecule has 2 rings (SSSR count). The molecule has 0 aromatic rings. The first-order chi connectivity index (χ1) is 14.0. The van der Waals surface area contributed by atoms with Crippen LogP contribution in [0, 0.1) is 0 Å². The van der Waals surface area contributed by atoms with Crippen molar-refractivity contribution in [3.63, 3.8) is 0 Å². The summed E-state index contributed by atoms with van der Waals surface area (Å²) < 4.78 is 117. The molecule has 0 heterocycles. The van der Waals surface area contributed by atoms with E-state index in [0.29, 0.717) is 0 Å². The van der Waals surface area contributed by atoms with E-state index >= 15 is 0 Å². The molecule has 0 aromatic heterocycles. The van der Waals surface area contributed by atoms with Gasteiger partial charge in [-0.25, -0.2) is 0 Å². The number of hydrogen-bond acceptors (Lipinski definition) is 0. The quantitative estimate of drug-likeness (QED) is 0.152. The van der Waals surface area contributed by atoms with Crippen LogP contribution in [0.5, 0.6) is 0 Å². The van der Waals surface area contributed by atoms with Crippen LogP contribution < -0.4 is 0 Å². The van der Waals surface area contributed by atoms with Gasteiger partial charge in [-0.15, -0.1) is 0 Å². The SMILES string of the molecule is C1=CCC/C=C\CC1.C1=CCC/C=C\CC1.F[B-](F)(F)F.F[B-](F)(F)F.F[B-](F)(F)F.[Rh+3]. The molecular weight excluding hydrogens is 555 g/mol. The van der Waals surface area contributed by atoms with Gasteiger partial charge in [0, 0.05) is 0 Å². The van der Waals surface area contributed by atoms with Crippen LogP contribution in [0.25, 0.3) is 0 Å². The molecule has 0 spiro atoms. The Morgan fingerprint density at radius 2 is 0.344 bits per heavy atom. The summed E-state index contributed by atoms with van der Waals surface area (Å²) in [6, 6.07) is 0. The summed E-state index contributed by atoms with van der Waals surface area (Å²) in [5.41, 5.74) is 0. The molecule has 0 N–H and O–H groups in total. The molecule has 190 valence electrons. The zero-order chi connectivity index (χ0) is 24.8. The number of rotatable bonds is 0. The Morgan fingerprint density at radius 1 is 0.281 bits per heavy atom. The molecule has 32 heavy (non-hydrogen) atoms. The average molecular weight is 580 g/mol. The van der Waals surface area contributed by atoms with Crippen LogP contribution in [0.15, 0.2) is 48.6 Å². The van der Waals surface area contributed by atoms with E-state index < -0.39 is 21.8 Å². The fourth-order valence-corrected chi connectivity index (χ4v) is 1.71. The predicted octanol–water partition coefficient (Wildman–Crippen LogP) is 9.24. The summed E-state index contributed by atoms with van der Waals surface area (Å²) in [6.45, 7) is 0. The summed E-state index contributed by atoms with van der Waals surface area (Å²) in [4.78, 5) is 0. The van der Waals surface area contributed by atoms with Crippen molar-refractivity contribution in [1.29, 1.82) is 0 Å². The van der Waals surface area contributed by atoms with Gasteiger partial charge in [-0.3, -0.25) is 0 Å². The summed E-state index contributed by atoms with van der Waals surface area (Å²) in [5, 5.41) is 0. The molecule has 0 aromatic carbocycles. The van der Waals surface area contributed by atoms with E-state index in [0.717, 1.165) is 0 Å². The zero-order valence-corrected chi connectivity index (χ0v) is 18.5. The van der Waals surface area contributed by atoms with Crippen molar-refractivity contribution in [3.8, 4) is 0 Å². The third-order valence-electron chi connectivity index (χ3n) is 2.67. The predicted molar refractivity (Wildman–Crippen MR) is 104 cm³/mol. The molecular formula is C16H24B3F12Rh. The average Bonchev–Trinajstić information content (AvgIpc) is 2.40. The van der Waals surface area contributed by atoms with Gasteiger partial charge in [-0.2, -0.15) is 0 Å². The molecule has 0 saturated heterocycles. The Balaban J connectivity index is -0.000000156. The van der Waals surface area contributed by atoms with Gasteiger partial charge in [0.2, 0.25) is 0 Å². The van der Waals surface area contributed by atoms with Crippen LogP contribution in [0.2, 0.25) is 0 Å². The molecule has 0 amide bonds. The van der Waals surface area contributed by atoms with Crippen molar-refractivity contribution in [1.82, 2.24) is 0 Å². The van der Waals surface area contributed by atoms with Gasteiger partial charge in [0.15, 0.2) is 0 Å². The van der Waals surface area contributed by atoms with Crippen molar-refractivity contribution in [2.24, 2.45) is 0 Å². The Labute approximate surface area is 193 Å². The van der Waals surface area contributed by atoms with Gasteiger partial charge < -0.3 is 51.8 Å². The first-order valence-corrected chi connectivity index (χ1v) is 9.22. The van der Waals surface area contributed by atoms with Crippen LogP contribution >= 0.6 is 0 Å². The van der Waals surface area contributed by atoms with Gasteiger partial charge in [0.05, 0.1) is 0 Å². The van der Waals surface area contributed by atoms with Crippen LogP contribution in [0.1, 0.15) is 51.4 Å². The largest absolute Gasteiger partial charge is 3.00 e. The van der Waals surface area contributed by atoms with Crippen molar-refractivity contribution >= 4 is 21.8 Å². The Kier molecular flexibility index (Phi) is 27.6. The third-order valence-corrected chi connectivity index (χ3v) is 2.67. The number of hydrogen-bond donors (Lipinski definition) is 0. The minimum Gasteiger partial charge on any atom is -0.418 e. The molecule has 0 unspecified atom stereocenters. The van der Waals surface area contributed by atoms with Gasteiger partial charge in [-0.05, 0) is 51.4 Å². The van der Waals surface area contributed by atoms with Crippen LogP contribution in [-0.4, -0.2) is 21.8 Å². The molecule has 0 saturated carbocycles. The van der Waals surface area contributed by atoms with E-state index in [9.17, 15) is 51.8 Å². The Morgan fingerprint density at radius 3 is 0.406 bits per heavy atom. The van der Waals surface area contributed by atoms with Gasteiger partial charge in [0.25, 0.3) is 0 Å². The second-order valence-corrected chi connectivity index (χ2v) is 5.68. The van der Waals surface area contributed by atoms with Crippen molar-refractivity contribution in [2.75, 3.05) is 0 Å². The molecule has 0 aliphatic heterocycles. The summed E-state index contributed by atoms with van der Waals surface area (Å²) in [7, 11) is -18.0. The molecule has 0 fully saturated rings. The molecule has 2 aliphatic rings. The minimum atomic E-state index is -6.00. The smallest absolute Gasteiger partial charge is 0.418 e. The zero-order valence-electron chi connectivity index (χ0n) is 16.9. The van der Waals surface area contributed by atoms with E-state index in [1.165, 1.54) is 51.4 Å². The summed E-state index contributed by atoms with van der Waals surface area (Å²) in [6.07, 6.45) is 28.0. The minimum absolute atomic E-state index is 0. The van der Waals surface area contributed by atoms with Crippen molar-refractivity contribution < 1.29 is 71.3 Å². The maximum absolute atomic E-state index is 9.75. The second-order valence-electron chi connectivity index (χ2n) is 5.68. The first-order valence-electron chi connectivity index (χ1n) is 9.22. The molecule has 0 atom stereocenters. The standard InChI is InChI=1S/2C8H12.3BF4.Rh/c2*1-2-4-6-8-7-5-3-1;3*2-1(3,4)5;/h2*1-2,7-8H,3-6H2;;;;/q;;3*-1;+3/b2*2-1-,8-7?;;;;. The van der Waals surface area contributed by atoms with E-state index in [2.05, 4.69) is 48.6 Å². The van der Waals surface area contributed by atoms with Crippen LogP contribution in [0.4, 0.5) is 51.8 Å². The molecule has 16 heteroatoms. The van der Waals surface area contributed by atoms with E-state index in [1.807, 2.05) is 0 Å². The van der Waals surface area contributed by atoms with Crippen molar-refractivity contribution in [3.05, 3.63) is 48.6 Å². The molecule has 0 bridgehead atoms. The van der Waals surface area contributed by atoms with Crippen LogP contribution in [-0.2, 0) is 19.5 Å². The third kappa shape index (κ3) is 101. The number of allylic oxidation sites excluding steroid dienone is 8. The fraction of sp³-hybridized carbons (Fsp3) is 0.500. The van der Waals surface area contributed by atoms with Gasteiger partial charge in [-0.1, -0.05) is 48.6 Å². The monoisotopic (exact) mass is 580 g/mol. The second kappa shape index (κ2) is 23.1.